The summed E-state index contributed by atoms with van der Waals surface area (Å²) < 4.78 is 26.8. The fraction of sp³-hybridized carbons (Fsp3) is 0.211. The van der Waals surface area contributed by atoms with Crippen LogP contribution in [0.1, 0.15) is 26.7 Å². The third-order valence-corrected chi connectivity index (χ3v) is 5.27. The second-order valence-corrected chi connectivity index (χ2v) is 7.02. The summed E-state index contributed by atoms with van der Waals surface area (Å²) >= 11 is 0. The van der Waals surface area contributed by atoms with E-state index >= 15 is 0 Å². The Hall–Kier alpha value is -2.40. The van der Waals surface area contributed by atoms with Crippen molar-refractivity contribution in [2.75, 3.05) is 0 Å². The van der Waals surface area contributed by atoms with Gasteiger partial charge in [-0.2, -0.15) is 0 Å². The highest BCUT2D eigenvalue weighted by molar-refractivity contribution is 7.89. The number of benzene rings is 1. The molecule has 24 heavy (non-hydrogen) atoms. The van der Waals surface area contributed by atoms with E-state index < -0.39 is 10.0 Å². The number of carbonyl (C=O) groups excluding carboxylic acids is 1. The number of sulfonamides is 1. The number of nitrogens with zero attached hydrogens (tertiary/aromatic N) is 1. The summed E-state index contributed by atoms with van der Waals surface area (Å²) in [6.45, 7) is 3.74. The van der Waals surface area contributed by atoms with Gasteiger partial charge in [-0.15, -0.1) is 0 Å². The number of ketones is 1. The molecule has 0 radical (unpaired) electrons. The van der Waals surface area contributed by atoms with Gasteiger partial charge in [-0.25, -0.2) is 12.7 Å². The van der Waals surface area contributed by atoms with Gasteiger partial charge in [0.25, 0.3) is 10.0 Å². The van der Waals surface area contributed by atoms with Crippen molar-refractivity contribution in [1.82, 2.24) is 4.31 Å². The zero-order valence-corrected chi connectivity index (χ0v) is 14.7. The van der Waals surface area contributed by atoms with E-state index in [1.54, 1.807) is 49.4 Å². The van der Waals surface area contributed by atoms with Crippen molar-refractivity contribution in [2.45, 2.75) is 31.6 Å². The molecule has 0 N–H and O–H groups in total. The van der Waals surface area contributed by atoms with Crippen molar-refractivity contribution in [3.8, 4) is 0 Å². The lowest BCUT2D eigenvalue weighted by molar-refractivity contribution is -0.112. The van der Waals surface area contributed by atoms with E-state index in [1.807, 2.05) is 13.0 Å². The first-order valence-corrected chi connectivity index (χ1v) is 9.30. The largest absolute Gasteiger partial charge is 0.287 e. The average Bonchev–Trinajstić information content (AvgIpc) is 2.63. The second kappa shape index (κ2) is 7.93. The zero-order chi connectivity index (χ0) is 17.6. The lowest BCUT2D eigenvalue weighted by atomic mass is 10.1. The van der Waals surface area contributed by atoms with Gasteiger partial charge >= 0.3 is 0 Å². The third-order valence-electron chi connectivity index (χ3n) is 3.56. The Balaban J connectivity index is 2.41. The molecule has 5 heteroatoms. The van der Waals surface area contributed by atoms with Gasteiger partial charge in [0, 0.05) is 11.8 Å². The molecule has 0 spiro atoms. The smallest absolute Gasteiger partial charge is 0.268 e. The lowest BCUT2D eigenvalue weighted by Crippen LogP contribution is -2.31. The van der Waals surface area contributed by atoms with Crippen molar-refractivity contribution >= 4 is 15.8 Å². The maximum absolute atomic E-state index is 12.9. The quantitative estimate of drug-likeness (QED) is 0.580. The molecule has 1 aliphatic heterocycles. The molecule has 0 amide bonds. The van der Waals surface area contributed by atoms with Crippen molar-refractivity contribution in [3.63, 3.8) is 0 Å². The Morgan fingerprint density at radius 1 is 1.25 bits per heavy atom. The summed E-state index contributed by atoms with van der Waals surface area (Å²) in [6, 6.07) is 8.11. The van der Waals surface area contributed by atoms with Gasteiger partial charge in [0.2, 0.25) is 5.78 Å². The summed E-state index contributed by atoms with van der Waals surface area (Å²) in [7, 11) is -3.81. The summed E-state index contributed by atoms with van der Waals surface area (Å²) in [5.74, 6) is -0.300. The van der Waals surface area contributed by atoms with E-state index in [1.165, 1.54) is 18.3 Å². The molecule has 1 aromatic rings. The van der Waals surface area contributed by atoms with Crippen LogP contribution in [0.25, 0.3) is 0 Å². The van der Waals surface area contributed by atoms with Gasteiger partial charge < -0.3 is 0 Å². The first-order valence-electron chi connectivity index (χ1n) is 7.86. The molecule has 0 fully saturated rings. The number of allylic oxidation sites excluding steroid dienone is 6. The fourth-order valence-electron chi connectivity index (χ4n) is 2.31. The Morgan fingerprint density at radius 3 is 2.58 bits per heavy atom. The van der Waals surface area contributed by atoms with Crippen LogP contribution in [0.3, 0.4) is 0 Å². The summed E-state index contributed by atoms with van der Waals surface area (Å²) in [6.07, 6.45) is 11.4. The van der Waals surface area contributed by atoms with Gasteiger partial charge in [-0.1, -0.05) is 55.5 Å². The molecule has 126 valence electrons. The minimum absolute atomic E-state index is 0.154. The Labute approximate surface area is 143 Å². The van der Waals surface area contributed by atoms with Gasteiger partial charge in [-0.3, -0.25) is 4.79 Å². The van der Waals surface area contributed by atoms with E-state index in [4.69, 9.17) is 0 Å². The monoisotopic (exact) mass is 343 g/mol. The Morgan fingerprint density at radius 2 is 1.96 bits per heavy atom. The van der Waals surface area contributed by atoms with E-state index in [-0.39, 0.29) is 16.4 Å². The molecule has 1 aliphatic rings. The number of Topliss-reactive ketones (excluding diaryl/α,β-unsaturated/α-hetero) is 1. The molecule has 0 aliphatic carbocycles. The number of rotatable bonds is 6. The standard InChI is InChI=1S/C19H21NO3S/c1-3-5-11-16(4-2)19(21)18-14-9-10-15-20(18)24(22,23)17-12-7-6-8-13-17/h4-8,10-15H,3,9H2,1-2H3/b11-5-,16-4+. The highest BCUT2D eigenvalue weighted by Gasteiger charge is 2.30. The highest BCUT2D eigenvalue weighted by Crippen LogP contribution is 2.26. The van der Waals surface area contributed by atoms with Crippen LogP contribution in [0.5, 0.6) is 0 Å². The molecule has 1 aromatic carbocycles. The van der Waals surface area contributed by atoms with Gasteiger partial charge in [0.1, 0.15) is 5.70 Å². The summed E-state index contributed by atoms with van der Waals surface area (Å²) in [4.78, 5) is 12.9. The average molecular weight is 343 g/mol. The van der Waals surface area contributed by atoms with Gasteiger partial charge in [0.05, 0.1) is 4.90 Å². The molecular weight excluding hydrogens is 322 g/mol. The Bertz CT molecular complexity index is 815. The second-order valence-electron chi connectivity index (χ2n) is 5.21. The van der Waals surface area contributed by atoms with Crippen LogP contribution in [0, 0.1) is 0 Å². The highest BCUT2D eigenvalue weighted by atomic mass is 32.2. The fourth-order valence-corrected chi connectivity index (χ4v) is 3.70. The van der Waals surface area contributed by atoms with E-state index in [9.17, 15) is 13.2 Å². The topological polar surface area (TPSA) is 54.5 Å². The minimum Gasteiger partial charge on any atom is -0.287 e. The first-order chi connectivity index (χ1) is 11.5. The molecule has 0 atom stereocenters. The maximum Gasteiger partial charge on any atom is 0.268 e. The van der Waals surface area contributed by atoms with Crippen LogP contribution >= 0.6 is 0 Å². The van der Waals surface area contributed by atoms with Gasteiger partial charge in [0.15, 0.2) is 0 Å². The van der Waals surface area contributed by atoms with Crippen molar-refractivity contribution < 1.29 is 13.2 Å². The molecule has 0 unspecified atom stereocenters. The minimum atomic E-state index is -3.81. The number of carbonyl (C=O) groups is 1. The number of hydrogen-bond acceptors (Lipinski definition) is 3. The molecule has 0 saturated carbocycles. The van der Waals surface area contributed by atoms with Gasteiger partial charge in [-0.05, 0) is 31.9 Å². The number of hydrogen-bond donors (Lipinski definition) is 0. The molecular formula is C19H21NO3S. The van der Waals surface area contributed by atoms with Crippen LogP contribution < -0.4 is 0 Å². The van der Waals surface area contributed by atoms with Crippen LogP contribution in [0.4, 0.5) is 0 Å². The summed E-state index contributed by atoms with van der Waals surface area (Å²) in [5.41, 5.74) is 0.641. The van der Waals surface area contributed by atoms with Crippen molar-refractivity contribution in [2.24, 2.45) is 0 Å². The maximum atomic E-state index is 12.9. The lowest BCUT2D eigenvalue weighted by Gasteiger charge is -2.25. The predicted molar refractivity (Wildman–Crippen MR) is 95.5 cm³/mol. The zero-order valence-electron chi connectivity index (χ0n) is 13.8. The van der Waals surface area contributed by atoms with Crippen molar-refractivity contribution in [1.29, 1.82) is 0 Å². The molecule has 2 rings (SSSR count). The normalized spacial score (nSPS) is 15.7. The van der Waals surface area contributed by atoms with E-state index in [2.05, 4.69) is 0 Å². The van der Waals surface area contributed by atoms with Crippen molar-refractivity contribution in [3.05, 3.63) is 78.2 Å². The third kappa shape index (κ3) is 3.74. The summed E-state index contributed by atoms with van der Waals surface area (Å²) in [5, 5.41) is 0. The molecule has 0 saturated heterocycles. The van der Waals surface area contributed by atoms with Crippen LogP contribution in [-0.4, -0.2) is 18.5 Å². The Kier molecular flexibility index (Phi) is 5.93. The molecule has 0 aromatic heterocycles. The van der Waals surface area contributed by atoms with Crippen LogP contribution in [0.15, 0.2) is 83.1 Å². The first kappa shape index (κ1) is 17.9. The van der Waals surface area contributed by atoms with E-state index in [0.717, 1.165) is 10.7 Å². The molecule has 4 nitrogen and oxygen atoms in total. The predicted octanol–water partition coefficient (Wildman–Crippen LogP) is 3.96. The van der Waals surface area contributed by atoms with Crippen LogP contribution in [-0.2, 0) is 14.8 Å². The van der Waals surface area contributed by atoms with Crippen LogP contribution in [0.2, 0.25) is 0 Å². The SMILES string of the molecule is C/C=C(\C=C/CC)C(=O)C1=CCC=CN1S(=O)(=O)c1ccccc1. The molecule has 0 bridgehead atoms. The van der Waals surface area contributed by atoms with E-state index in [0.29, 0.717) is 12.0 Å². The molecule has 1 heterocycles.